The van der Waals surface area contributed by atoms with Crippen LogP contribution >= 0.6 is 11.8 Å². The summed E-state index contributed by atoms with van der Waals surface area (Å²) in [4.78, 5) is 27.4. The minimum atomic E-state index is -0.598. The summed E-state index contributed by atoms with van der Waals surface area (Å²) < 4.78 is 0. The molecule has 0 aliphatic rings. The van der Waals surface area contributed by atoms with Gasteiger partial charge in [-0.2, -0.15) is 10.4 Å². The number of carbonyl (C=O) groups is 1. The van der Waals surface area contributed by atoms with Crippen LogP contribution in [-0.2, 0) is 4.79 Å². The zero-order chi connectivity index (χ0) is 26.2. The van der Waals surface area contributed by atoms with Gasteiger partial charge in [0.25, 0.3) is 5.69 Å². The summed E-state index contributed by atoms with van der Waals surface area (Å²) in [5, 5.41) is 34.9. The van der Waals surface area contributed by atoms with Gasteiger partial charge in [0.05, 0.1) is 28.1 Å². The third-order valence-corrected chi connectivity index (χ3v) is 6.18. The van der Waals surface area contributed by atoms with Crippen molar-refractivity contribution in [2.24, 2.45) is 5.10 Å². The fourth-order valence-electron chi connectivity index (χ4n) is 3.44. The maximum absolute atomic E-state index is 12.4. The van der Waals surface area contributed by atoms with Gasteiger partial charge < -0.3 is 5.11 Å². The van der Waals surface area contributed by atoms with Crippen molar-refractivity contribution < 1.29 is 14.8 Å². The fraction of sp³-hybridized carbons (Fsp3) is 0.0370. The lowest BCUT2D eigenvalue weighted by Crippen LogP contribution is -2.19. The van der Waals surface area contributed by atoms with Crippen molar-refractivity contribution in [3.8, 4) is 34.2 Å². The molecule has 10 heteroatoms. The van der Waals surface area contributed by atoms with Crippen molar-refractivity contribution in [3.63, 3.8) is 0 Å². The molecule has 2 N–H and O–H groups in total. The maximum atomic E-state index is 12.4. The van der Waals surface area contributed by atoms with Crippen LogP contribution in [0.2, 0.25) is 0 Å². The van der Waals surface area contributed by atoms with E-state index in [1.54, 1.807) is 0 Å². The number of thioether (sulfide) groups is 1. The number of hydrazone groups is 1. The second-order valence-electron chi connectivity index (χ2n) is 7.66. The number of non-ortho nitro benzene ring substituents is 1. The predicted molar refractivity (Wildman–Crippen MR) is 141 cm³/mol. The highest BCUT2D eigenvalue weighted by atomic mass is 32.2. The third-order valence-electron chi connectivity index (χ3n) is 5.21. The number of nitro benzene ring substituents is 1. The van der Waals surface area contributed by atoms with Gasteiger partial charge in [0.1, 0.15) is 16.8 Å². The Morgan fingerprint density at radius 1 is 1.08 bits per heavy atom. The summed E-state index contributed by atoms with van der Waals surface area (Å²) in [5.41, 5.74) is 5.64. The van der Waals surface area contributed by atoms with E-state index < -0.39 is 10.8 Å². The molecular weight excluding hydrogens is 490 g/mol. The average Bonchev–Trinajstić information content (AvgIpc) is 2.93. The summed E-state index contributed by atoms with van der Waals surface area (Å²) in [6.07, 6.45) is 1.12. The van der Waals surface area contributed by atoms with Gasteiger partial charge in [-0.1, -0.05) is 72.4 Å². The van der Waals surface area contributed by atoms with Gasteiger partial charge in [0.2, 0.25) is 5.91 Å². The largest absolute Gasteiger partial charge is 0.507 e. The van der Waals surface area contributed by atoms with Gasteiger partial charge in [0.15, 0.2) is 0 Å². The van der Waals surface area contributed by atoms with Crippen LogP contribution < -0.4 is 5.43 Å². The number of nitriles is 1. The van der Waals surface area contributed by atoms with Gasteiger partial charge in [-0.3, -0.25) is 14.9 Å². The van der Waals surface area contributed by atoms with Crippen molar-refractivity contribution in [1.82, 2.24) is 10.4 Å². The number of phenols is 1. The molecule has 4 rings (SSSR count). The number of benzene rings is 3. The molecule has 1 amide bonds. The maximum Gasteiger partial charge on any atom is 0.270 e. The molecule has 0 radical (unpaired) electrons. The van der Waals surface area contributed by atoms with Crippen molar-refractivity contribution in [3.05, 3.63) is 106 Å². The van der Waals surface area contributed by atoms with Crippen LogP contribution in [0, 0.1) is 21.4 Å². The number of carbonyl (C=O) groups excluding carboxylic acids is 1. The van der Waals surface area contributed by atoms with Crippen molar-refractivity contribution in [2.75, 3.05) is 5.75 Å². The molecule has 182 valence electrons. The summed E-state index contributed by atoms with van der Waals surface area (Å²) in [6, 6.07) is 26.6. The molecule has 9 nitrogen and oxygen atoms in total. The zero-order valence-electron chi connectivity index (χ0n) is 19.2. The molecule has 37 heavy (non-hydrogen) atoms. The quantitative estimate of drug-likeness (QED) is 0.145. The Bertz CT molecular complexity index is 1520. The Hall–Kier alpha value is -5.01. The number of nitrogens with zero attached hydrogens (tertiary/aromatic N) is 4. The van der Waals surface area contributed by atoms with Crippen LogP contribution in [0.25, 0.3) is 22.4 Å². The number of nitro groups is 1. The van der Waals surface area contributed by atoms with Crippen LogP contribution in [0.5, 0.6) is 5.75 Å². The number of hydrogen-bond donors (Lipinski definition) is 2. The van der Waals surface area contributed by atoms with E-state index in [0.717, 1.165) is 41.2 Å². The fourth-order valence-corrected chi connectivity index (χ4v) is 4.23. The van der Waals surface area contributed by atoms with E-state index >= 15 is 0 Å². The Kier molecular flexibility index (Phi) is 7.88. The lowest BCUT2D eigenvalue weighted by Gasteiger charge is -2.12. The molecule has 0 aliphatic heterocycles. The molecule has 0 saturated carbocycles. The van der Waals surface area contributed by atoms with E-state index in [4.69, 9.17) is 0 Å². The van der Waals surface area contributed by atoms with Crippen molar-refractivity contribution >= 4 is 29.6 Å². The molecule has 0 atom stereocenters. The standard InChI is InChI=1S/C27H19N5O4S/c28-15-23-22(18-7-3-1-4-8-18)14-24(19-9-5-2-6-10-19)30-27(23)37-17-26(34)31-29-16-20-13-21(32(35)36)11-12-25(20)33/h1-14,16,33H,17H2,(H,31,34)/b29-16-. The number of hydrogen-bond acceptors (Lipinski definition) is 8. The van der Waals surface area contributed by atoms with Crippen LogP contribution in [-0.4, -0.2) is 32.9 Å². The van der Waals surface area contributed by atoms with E-state index in [1.165, 1.54) is 6.07 Å². The average molecular weight is 510 g/mol. The van der Waals surface area contributed by atoms with Crippen molar-refractivity contribution in [2.45, 2.75) is 5.03 Å². The first kappa shape index (κ1) is 25.1. The Labute approximate surface area is 216 Å². The number of amides is 1. The highest BCUT2D eigenvalue weighted by Gasteiger charge is 2.17. The first-order chi connectivity index (χ1) is 18.0. The number of nitrogens with one attached hydrogen (secondary N) is 1. The highest BCUT2D eigenvalue weighted by molar-refractivity contribution is 8.00. The van der Waals surface area contributed by atoms with Crippen LogP contribution in [0.15, 0.2) is 95.1 Å². The van der Waals surface area contributed by atoms with Gasteiger partial charge in [-0.05, 0) is 17.7 Å². The molecule has 0 unspecified atom stereocenters. The Balaban J connectivity index is 1.56. The molecule has 0 fully saturated rings. The minimum Gasteiger partial charge on any atom is -0.507 e. The second kappa shape index (κ2) is 11.6. The van der Waals surface area contributed by atoms with E-state index in [-0.39, 0.29) is 22.8 Å². The summed E-state index contributed by atoms with van der Waals surface area (Å²) in [6.45, 7) is 0. The predicted octanol–water partition coefficient (Wildman–Crippen LogP) is 5.14. The Morgan fingerprint density at radius 2 is 1.76 bits per heavy atom. The monoisotopic (exact) mass is 509 g/mol. The minimum absolute atomic E-state index is 0.0821. The first-order valence-electron chi connectivity index (χ1n) is 10.9. The molecule has 3 aromatic carbocycles. The summed E-state index contributed by atoms with van der Waals surface area (Å²) in [5.74, 6) is -0.790. The molecule has 4 aromatic rings. The number of rotatable bonds is 8. The first-order valence-corrected chi connectivity index (χ1v) is 11.9. The summed E-state index contributed by atoms with van der Waals surface area (Å²) >= 11 is 1.09. The lowest BCUT2D eigenvalue weighted by molar-refractivity contribution is -0.384. The smallest absolute Gasteiger partial charge is 0.270 e. The van der Waals surface area contributed by atoms with Crippen molar-refractivity contribution in [1.29, 1.82) is 5.26 Å². The van der Waals surface area contributed by atoms with E-state index in [0.29, 0.717) is 21.8 Å². The topological polar surface area (TPSA) is 142 Å². The van der Waals surface area contributed by atoms with Gasteiger partial charge in [0, 0.05) is 28.8 Å². The van der Waals surface area contributed by atoms with Crippen LogP contribution in [0.4, 0.5) is 5.69 Å². The van der Waals surface area contributed by atoms with E-state index in [2.05, 4.69) is 21.6 Å². The van der Waals surface area contributed by atoms with E-state index in [1.807, 2.05) is 66.7 Å². The highest BCUT2D eigenvalue weighted by Crippen LogP contribution is 2.34. The second-order valence-corrected chi connectivity index (χ2v) is 8.63. The number of aromatic hydroxyl groups is 1. The molecule has 1 aromatic heterocycles. The normalized spacial score (nSPS) is 10.7. The number of aromatic nitrogens is 1. The van der Waals surface area contributed by atoms with Gasteiger partial charge in [-0.25, -0.2) is 10.4 Å². The van der Waals surface area contributed by atoms with Gasteiger partial charge in [-0.15, -0.1) is 0 Å². The summed E-state index contributed by atoms with van der Waals surface area (Å²) in [7, 11) is 0. The van der Waals surface area contributed by atoms with Crippen LogP contribution in [0.1, 0.15) is 11.1 Å². The zero-order valence-corrected chi connectivity index (χ0v) is 20.1. The van der Waals surface area contributed by atoms with E-state index in [9.17, 15) is 25.3 Å². The van der Waals surface area contributed by atoms with Gasteiger partial charge >= 0.3 is 0 Å². The molecule has 0 aliphatic carbocycles. The molecule has 0 bridgehead atoms. The lowest BCUT2D eigenvalue weighted by atomic mass is 9.99. The SMILES string of the molecule is N#Cc1c(-c2ccccc2)cc(-c2ccccc2)nc1SCC(=O)N/N=C\c1cc([N+](=O)[O-])ccc1O. The molecule has 0 spiro atoms. The molecule has 1 heterocycles. The third kappa shape index (κ3) is 6.17. The number of phenolic OH excluding ortho intramolecular Hbond substituents is 1. The molecular formula is C27H19N5O4S. The van der Waals surface area contributed by atoms with Crippen LogP contribution in [0.3, 0.4) is 0 Å². The Morgan fingerprint density at radius 3 is 2.41 bits per heavy atom. The molecule has 0 saturated heterocycles. The number of pyridine rings is 1.